The van der Waals surface area contributed by atoms with Crippen LogP contribution in [-0.4, -0.2) is 44.7 Å². The molecule has 0 aliphatic carbocycles. The average Bonchev–Trinajstić information content (AvgIpc) is 3.29. The third kappa shape index (κ3) is 5.44. The van der Waals surface area contributed by atoms with Gasteiger partial charge in [0, 0.05) is 35.7 Å². The summed E-state index contributed by atoms with van der Waals surface area (Å²) in [4.78, 5) is 38.6. The van der Waals surface area contributed by atoms with Gasteiger partial charge in [0.2, 0.25) is 0 Å². The quantitative estimate of drug-likeness (QED) is 0.477. The van der Waals surface area contributed by atoms with Gasteiger partial charge in [0.25, 0.3) is 11.8 Å². The Morgan fingerprint density at radius 3 is 2.41 bits per heavy atom. The molecule has 1 fully saturated rings. The van der Waals surface area contributed by atoms with Crippen LogP contribution in [0.5, 0.6) is 11.5 Å². The molecule has 0 radical (unpaired) electrons. The predicted molar refractivity (Wildman–Crippen MR) is 129 cm³/mol. The molecule has 0 unspecified atom stereocenters. The summed E-state index contributed by atoms with van der Waals surface area (Å²) in [5, 5.41) is 8.30. The molecule has 0 atom stereocenters. The molecule has 3 aromatic rings. The van der Waals surface area contributed by atoms with E-state index in [2.05, 4.69) is 16.0 Å². The van der Waals surface area contributed by atoms with Gasteiger partial charge in [-0.15, -0.1) is 0 Å². The topological polar surface area (TPSA) is 109 Å². The molecule has 0 bridgehead atoms. The number of urea groups is 1. The lowest BCUT2D eigenvalue weighted by atomic mass is 10.1. The largest absolute Gasteiger partial charge is 0.493 e. The zero-order valence-electron chi connectivity index (χ0n) is 18.5. The van der Waals surface area contributed by atoms with Crippen LogP contribution in [0.1, 0.15) is 10.4 Å². The Balaban J connectivity index is 1.36. The Morgan fingerprint density at radius 1 is 0.941 bits per heavy atom. The van der Waals surface area contributed by atoms with Crippen LogP contribution in [0.2, 0.25) is 0 Å². The second-order valence-electron chi connectivity index (χ2n) is 7.46. The monoisotopic (exact) mass is 460 g/mol. The van der Waals surface area contributed by atoms with Crippen molar-refractivity contribution < 1.29 is 23.9 Å². The van der Waals surface area contributed by atoms with Crippen molar-refractivity contribution in [1.29, 1.82) is 0 Å². The van der Waals surface area contributed by atoms with Crippen LogP contribution in [0.15, 0.2) is 72.8 Å². The Hall–Kier alpha value is -4.53. The molecule has 174 valence electrons. The lowest BCUT2D eigenvalue weighted by Crippen LogP contribution is -2.27. The summed E-state index contributed by atoms with van der Waals surface area (Å²) in [5.41, 5.74) is 2.09. The van der Waals surface area contributed by atoms with Crippen molar-refractivity contribution in [2.45, 2.75) is 0 Å². The molecule has 1 aliphatic rings. The number of benzene rings is 3. The number of hydrogen-bond donors (Lipinski definition) is 3. The van der Waals surface area contributed by atoms with Crippen LogP contribution < -0.4 is 30.3 Å². The molecule has 0 spiro atoms. The van der Waals surface area contributed by atoms with Crippen molar-refractivity contribution in [2.24, 2.45) is 0 Å². The van der Waals surface area contributed by atoms with Gasteiger partial charge in [0.15, 0.2) is 18.1 Å². The molecule has 9 nitrogen and oxygen atoms in total. The van der Waals surface area contributed by atoms with E-state index in [1.807, 2.05) is 6.07 Å². The van der Waals surface area contributed by atoms with Crippen molar-refractivity contribution in [3.05, 3.63) is 78.4 Å². The van der Waals surface area contributed by atoms with Crippen molar-refractivity contribution in [3.8, 4) is 11.5 Å². The van der Waals surface area contributed by atoms with Gasteiger partial charge in [-0.25, -0.2) is 4.79 Å². The number of hydrogen-bond acceptors (Lipinski definition) is 5. The van der Waals surface area contributed by atoms with E-state index in [0.29, 0.717) is 47.2 Å². The van der Waals surface area contributed by atoms with Gasteiger partial charge in [-0.1, -0.05) is 24.3 Å². The molecular formula is C25H24N4O5. The molecule has 1 heterocycles. The van der Waals surface area contributed by atoms with Gasteiger partial charge in [-0.05, 0) is 48.5 Å². The van der Waals surface area contributed by atoms with Crippen LogP contribution in [0, 0.1) is 0 Å². The molecule has 1 aliphatic heterocycles. The molecule has 3 aromatic carbocycles. The van der Waals surface area contributed by atoms with E-state index in [4.69, 9.17) is 9.47 Å². The van der Waals surface area contributed by atoms with Crippen LogP contribution in [0.3, 0.4) is 0 Å². The van der Waals surface area contributed by atoms with Gasteiger partial charge in [0.1, 0.15) is 0 Å². The summed E-state index contributed by atoms with van der Waals surface area (Å²) in [6.07, 6.45) is 0. The highest BCUT2D eigenvalue weighted by Gasteiger charge is 2.21. The van der Waals surface area contributed by atoms with Crippen LogP contribution in [0.4, 0.5) is 21.9 Å². The highest BCUT2D eigenvalue weighted by Crippen LogP contribution is 2.26. The standard InChI is InChI=1S/C25H24N4O5/c1-33-21-10-2-3-11-22(21)34-16-23(30)27-18-7-5-8-19(15-18)28-24(31)17-6-4-9-20(14-17)29-13-12-26-25(29)32/h2-11,14-15H,12-13,16H2,1H3,(H,26,32)(H,27,30)(H,28,31). The fraction of sp³-hybridized carbons (Fsp3) is 0.160. The SMILES string of the molecule is COc1ccccc1OCC(=O)Nc1cccc(NC(=O)c2cccc(N3CCNC3=O)c2)c1. The van der Waals surface area contributed by atoms with Crippen LogP contribution >= 0.6 is 0 Å². The molecule has 4 rings (SSSR count). The van der Waals surface area contributed by atoms with E-state index in [-0.39, 0.29) is 24.5 Å². The third-order valence-corrected chi connectivity index (χ3v) is 5.11. The number of nitrogens with one attached hydrogen (secondary N) is 3. The minimum Gasteiger partial charge on any atom is -0.493 e. The number of para-hydroxylation sites is 2. The number of ether oxygens (including phenoxy) is 2. The first-order chi connectivity index (χ1) is 16.5. The molecule has 9 heteroatoms. The maximum absolute atomic E-state index is 12.8. The molecule has 0 aromatic heterocycles. The maximum Gasteiger partial charge on any atom is 0.321 e. The summed E-state index contributed by atoms with van der Waals surface area (Å²) in [6, 6.07) is 20.5. The van der Waals surface area contributed by atoms with Crippen LogP contribution in [-0.2, 0) is 4.79 Å². The normalized spacial score (nSPS) is 12.6. The first-order valence-corrected chi connectivity index (χ1v) is 10.7. The summed E-state index contributed by atoms with van der Waals surface area (Å²) < 4.78 is 10.7. The summed E-state index contributed by atoms with van der Waals surface area (Å²) in [7, 11) is 1.53. The molecule has 1 saturated heterocycles. The summed E-state index contributed by atoms with van der Waals surface area (Å²) in [5.74, 6) is 0.319. The van der Waals surface area contributed by atoms with E-state index in [0.717, 1.165) is 0 Å². The lowest BCUT2D eigenvalue weighted by molar-refractivity contribution is -0.118. The highest BCUT2D eigenvalue weighted by molar-refractivity contribution is 6.06. The molecular weight excluding hydrogens is 436 g/mol. The highest BCUT2D eigenvalue weighted by atomic mass is 16.5. The first kappa shape index (κ1) is 22.7. The lowest BCUT2D eigenvalue weighted by Gasteiger charge is -2.15. The second-order valence-corrected chi connectivity index (χ2v) is 7.46. The van der Waals surface area contributed by atoms with E-state index in [1.165, 1.54) is 7.11 Å². The minimum absolute atomic E-state index is 0.185. The number of rotatable bonds is 8. The average molecular weight is 460 g/mol. The van der Waals surface area contributed by atoms with E-state index >= 15 is 0 Å². The summed E-state index contributed by atoms with van der Waals surface area (Å²) >= 11 is 0. The zero-order valence-corrected chi connectivity index (χ0v) is 18.5. The van der Waals surface area contributed by atoms with Gasteiger partial charge < -0.3 is 25.4 Å². The Bertz CT molecular complexity index is 1210. The van der Waals surface area contributed by atoms with Crippen molar-refractivity contribution in [3.63, 3.8) is 0 Å². The number of nitrogens with zero attached hydrogens (tertiary/aromatic N) is 1. The fourth-order valence-electron chi connectivity index (χ4n) is 3.49. The van der Waals surface area contributed by atoms with Gasteiger partial charge in [-0.3, -0.25) is 14.5 Å². The van der Waals surface area contributed by atoms with Crippen molar-refractivity contribution in [1.82, 2.24) is 5.32 Å². The van der Waals surface area contributed by atoms with E-state index < -0.39 is 0 Å². The number of anilines is 3. The molecule has 34 heavy (non-hydrogen) atoms. The Morgan fingerprint density at radius 2 is 1.68 bits per heavy atom. The van der Waals surface area contributed by atoms with Crippen LogP contribution in [0.25, 0.3) is 0 Å². The van der Waals surface area contributed by atoms with Gasteiger partial charge in [-0.2, -0.15) is 0 Å². The van der Waals surface area contributed by atoms with Crippen molar-refractivity contribution in [2.75, 3.05) is 42.3 Å². The van der Waals surface area contributed by atoms with Gasteiger partial charge >= 0.3 is 6.03 Å². The number of methoxy groups -OCH3 is 1. The molecule has 3 N–H and O–H groups in total. The second kappa shape index (κ2) is 10.4. The fourth-order valence-corrected chi connectivity index (χ4v) is 3.49. The molecule has 0 saturated carbocycles. The third-order valence-electron chi connectivity index (χ3n) is 5.11. The Labute approximate surface area is 196 Å². The number of carbonyl (C=O) groups excluding carboxylic acids is 3. The predicted octanol–water partition coefficient (Wildman–Crippen LogP) is 3.49. The summed E-state index contributed by atoms with van der Waals surface area (Å²) in [6.45, 7) is 0.915. The number of amides is 4. The number of carbonyl (C=O) groups is 3. The first-order valence-electron chi connectivity index (χ1n) is 10.7. The zero-order chi connectivity index (χ0) is 23.9. The maximum atomic E-state index is 12.8. The Kier molecular flexibility index (Phi) is 6.92. The van der Waals surface area contributed by atoms with Crippen molar-refractivity contribution >= 4 is 34.9 Å². The van der Waals surface area contributed by atoms with E-state index in [1.54, 1.807) is 71.6 Å². The van der Waals surface area contributed by atoms with E-state index in [9.17, 15) is 14.4 Å². The minimum atomic E-state index is -0.356. The smallest absolute Gasteiger partial charge is 0.321 e. The van der Waals surface area contributed by atoms with Gasteiger partial charge in [0.05, 0.1) is 7.11 Å². The molecule has 4 amide bonds.